The second-order valence-corrected chi connectivity index (χ2v) is 5.54. The highest BCUT2D eigenvalue weighted by Gasteiger charge is 2.16. The Morgan fingerprint density at radius 2 is 1.76 bits per heavy atom. The SMILES string of the molecule is NCc1ccccc1Cc1nc(N2CCCCCC2)no1. The molecule has 2 aromatic rings. The Labute approximate surface area is 125 Å². The van der Waals surface area contributed by atoms with Crippen molar-refractivity contribution >= 4 is 5.95 Å². The Bertz CT molecular complexity index is 573. The summed E-state index contributed by atoms with van der Waals surface area (Å²) in [6.07, 6.45) is 5.66. The van der Waals surface area contributed by atoms with E-state index in [2.05, 4.69) is 21.1 Å². The maximum atomic E-state index is 5.77. The summed E-state index contributed by atoms with van der Waals surface area (Å²) in [4.78, 5) is 6.78. The number of benzene rings is 1. The molecular weight excluding hydrogens is 264 g/mol. The van der Waals surface area contributed by atoms with E-state index in [0.29, 0.717) is 18.9 Å². The van der Waals surface area contributed by atoms with Gasteiger partial charge in [-0.05, 0) is 29.1 Å². The minimum Gasteiger partial charge on any atom is -0.338 e. The highest BCUT2D eigenvalue weighted by atomic mass is 16.5. The van der Waals surface area contributed by atoms with Crippen LogP contribution in [0.4, 0.5) is 5.95 Å². The molecule has 5 heteroatoms. The number of anilines is 1. The minimum atomic E-state index is 0.531. The van der Waals surface area contributed by atoms with Gasteiger partial charge in [-0.15, -0.1) is 0 Å². The van der Waals surface area contributed by atoms with E-state index in [1.807, 2.05) is 18.2 Å². The molecule has 0 aliphatic carbocycles. The second kappa shape index (κ2) is 6.72. The molecule has 0 bridgehead atoms. The van der Waals surface area contributed by atoms with Gasteiger partial charge in [0.15, 0.2) is 0 Å². The van der Waals surface area contributed by atoms with E-state index >= 15 is 0 Å². The van der Waals surface area contributed by atoms with Crippen LogP contribution in [0.5, 0.6) is 0 Å². The van der Waals surface area contributed by atoms with Crippen LogP contribution in [0.3, 0.4) is 0 Å². The largest absolute Gasteiger partial charge is 0.338 e. The van der Waals surface area contributed by atoms with Crippen LogP contribution in [-0.4, -0.2) is 23.2 Å². The van der Waals surface area contributed by atoms with Gasteiger partial charge in [0.25, 0.3) is 5.95 Å². The maximum Gasteiger partial charge on any atom is 0.266 e. The third-order valence-corrected chi connectivity index (χ3v) is 4.03. The second-order valence-electron chi connectivity index (χ2n) is 5.54. The lowest BCUT2D eigenvalue weighted by atomic mass is 10.0. The molecule has 1 aliphatic heterocycles. The number of rotatable bonds is 4. The van der Waals surface area contributed by atoms with E-state index in [4.69, 9.17) is 10.3 Å². The van der Waals surface area contributed by atoms with Crippen LogP contribution in [0.2, 0.25) is 0 Å². The third kappa shape index (κ3) is 3.42. The molecule has 1 aromatic carbocycles. The molecule has 0 saturated carbocycles. The lowest BCUT2D eigenvalue weighted by Crippen LogP contribution is -2.24. The smallest absolute Gasteiger partial charge is 0.266 e. The molecule has 5 nitrogen and oxygen atoms in total. The normalized spacial score (nSPS) is 16.0. The van der Waals surface area contributed by atoms with E-state index in [1.165, 1.54) is 25.7 Å². The molecule has 1 aromatic heterocycles. The van der Waals surface area contributed by atoms with Gasteiger partial charge in [0.05, 0.1) is 6.42 Å². The van der Waals surface area contributed by atoms with E-state index in [9.17, 15) is 0 Å². The molecule has 0 radical (unpaired) electrons. The molecule has 0 atom stereocenters. The van der Waals surface area contributed by atoms with E-state index in [1.54, 1.807) is 0 Å². The van der Waals surface area contributed by atoms with Crippen LogP contribution in [0.25, 0.3) is 0 Å². The van der Waals surface area contributed by atoms with E-state index < -0.39 is 0 Å². The van der Waals surface area contributed by atoms with Crippen molar-refractivity contribution in [1.82, 2.24) is 10.1 Å². The highest BCUT2D eigenvalue weighted by molar-refractivity contribution is 5.31. The van der Waals surface area contributed by atoms with Crippen molar-refractivity contribution in [3.63, 3.8) is 0 Å². The van der Waals surface area contributed by atoms with Gasteiger partial charge >= 0.3 is 0 Å². The zero-order valence-electron chi connectivity index (χ0n) is 12.3. The van der Waals surface area contributed by atoms with Gasteiger partial charge < -0.3 is 15.2 Å². The molecule has 0 unspecified atom stereocenters. The first-order valence-corrected chi connectivity index (χ1v) is 7.71. The molecule has 1 saturated heterocycles. The summed E-state index contributed by atoms with van der Waals surface area (Å²) in [7, 11) is 0. The van der Waals surface area contributed by atoms with Gasteiger partial charge in [-0.3, -0.25) is 0 Å². The highest BCUT2D eigenvalue weighted by Crippen LogP contribution is 2.18. The third-order valence-electron chi connectivity index (χ3n) is 4.03. The quantitative estimate of drug-likeness (QED) is 0.935. The molecule has 0 amide bonds. The van der Waals surface area contributed by atoms with Gasteiger partial charge in [-0.25, -0.2) is 0 Å². The van der Waals surface area contributed by atoms with Crippen LogP contribution >= 0.6 is 0 Å². The van der Waals surface area contributed by atoms with Crippen molar-refractivity contribution in [2.24, 2.45) is 5.73 Å². The number of nitrogens with zero attached hydrogens (tertiary/aromatic N) is 3. The molecule has 0 spiro atoms. The number of nitrogens with two attached hydrogens (primary N) is 1. The summed E-state index contributed by atoms with van der Waals surface area (Å²) in [6.45, 7) is 2.58. The zero-order valence-corrected chi connectivity index (χ0v) is 12.3. The number of aromatic nitrogens is 2. The van der Waals surface area contributed by atoms with Crippen molar-refractivity contribution in [1.29, 1.82) is 0 Å². The predicted molar refractivity (Wildman–Crippen MR) is 82.1 cm³/mol. The molecule has 1 aliphatic rings. The molecule has 112 valence electrons. The van der Waals surface area contributed by atoms with Gasteiger partial charge in [-0.2, -0.15) is 4.98 Å². The van der Waals surface area contributed by atoms with Crippen molar-refractivity contribution in [2.75, 3.05) is 18.0 Å². The van der Waals surface area contributed by atoms with Crippen molar-refractivity contribution in [2.45, 2.75) is 38.6 Å². The standard InChI is InChI=1S/C16H22N4O/c17-12-14-8-4-3-7-13(14)11-15-18-16(19-21-15)20-9-5-1-2-6-10-20/h3-4,7-8H,1-2,5-6,9-12,17H2. The molecule has 1 fully saturated rings. The molecule has 3 rings (SSSR count). The fourth-order valence-electron chi connectivity index (χ4n) is 2.81. The number of hydrogen-bond acceptors (Lipinski definition) is 5. The Morgan fingerprint density at radius 3 is 2.48 bits per heavy atom. The Morgan fingerprint density at radius 1 is 1.05 bits per heavy atom. The summed E-state index contributed by atoms with van der Waals surface area (Å²) in [6, 6.07) is 8.13. The van der Waals surface area contributed by atoms with Gasteiger partial charge in [-0.1, -0.05) is 37.1 Å². The summed E-state index contributed by atoms with van der Waals surface area (Å²) in [5.41, 5.74) is 8.06. The van der Waals surface area contributed by atoms with Gasteiger partial charge in [0.1, 0.15) is 0 Å². The summed E-state index contributed by atoms with van der Waals surface area (Å²) in [5.74, 6) is 1.40. The molecule has 21 heavy (non-hydrogen) atoms. The van der Waals surface area contributed by atoms with E-state index in [-0.39, 0.29) is 0 Å². The van der Waals surface area contributed by atoms with Crippen molar-refractivity contribution in [3.8, 4) is 0 Å². The monoisotopic (exact) mass is 286 g/mol. The average molecular weight is 286 g/mol. The minimum absolute atomic E-state index is 0.531. The lowest BCUT2D eigenvalue weighted by Gasteiger charge is -2.16. The first kappa shape index (κ1) is 14.1. The topological polar surface area (TPSA) is 68.2 Å². The van der Waals surface area contributed by atoms with Crippen LogP contribution in [0, 0.1) is 0 Å². The van der Waals surface area contributed by atoms with Crippen LogP contribution in [0.1, 0.15) is 42.7 Å². The fourth-order valence-corrected chi connectivity index (χ4v) is 2.81. The first-order valence-electron chi connectivity index (χ1n) is 7.71. The maximum absolute atomic E-state index is 5.77. The lowest BCUT2D eigenvalue weighted by molar-refractivity contribution is 0.383. The molecular formula is C16H22N4O. The predicted octanol–water partition coefficient (Wildman–Crippen LogP) is 2.50. The summed E-state index contributed by atoms with van der Waals surface area (Å²) >= 11 is 0. The molecule has 2 heterocycles. The van der Waals surface area contributed by atoms with Crippen LogP contribution in [0.15, 0.2) is 28.8 Å². The van der Waals surface area contributed by atoms with Gasteiger partial charge in [0, 0.05) is 19.6 Å². The zero-order chi connectivity index (χ0) is 14.5. The number of hydrogen-bond donors (Lipinski definition) is 1. The van der Waals surface area contributed by atoms with Crippen molar-refractivity contribution in [3.05, 3.63) is 41.3 Å². The average Bonchev–Trinajstić information content (AvgIpc) is 2.81. The van der Waals surface area contributed by atoms with Crippen LogP contribution < -0.4 is 10.6 Å². The van der Waals surface area contributed by atoms with E-state index in [0.717, 1.165) is 30.2 Å². The first-order chi connectivity index (χ1) is 10.4. The Hall–Kier alpha value is -1.88. The fraction of sp³-hybridized carbons (Fsp3) is 0.500. The summed E-state index contributed by atoms with van der Waals surface area (Å²) in [5, 5.41) is 4.14. The summed E-state index contributed by atoms with van der Waals surface area (Å²) < 4.78 is 5.42. The van der Waals surface area contributed by atoms with Crippen LogP contribution in [-0.2, 0) is 13.0 Å². The van der Waals surface area contributed by atoms with Gasteiger partial charge in [0.2, 0.25) is 5.89 Å². The Balaban J connectivity index is 1.72. The Kier molecular flexibility index (Phi) is 4.50. The molecule has 2 N–H and O–H groups in total. The van der Waals surface area contributed by atoms with Crippen molar-refractivity contribution < 1.29 is 4.52 Å².